The second-order valence-electron chi connectivity index (χ2n) is 4.77. The summed E-state index contributed by atoms with van der Waals surface area (Å²) in [4.78, 5) is 0. The number of anilines is 2. The molecule has 1 unspecified atom stereocenters. The van der Waals surface area contributed by atoms with Crippen molar-refractivity contribution in [2.75, 3.05) is 17.0 Å². The molecular weight excluding hydrogens is 269 g/mol. The molecule has 1 heterocycles. The smallest absolute Gasteiger partial charge is 0.302 e. The number of halogens is 1. The third kappa shape index (κ3) is 2.98. The molecule has 0 bridgehead atoms. The third-order valence-electron chi connectivity index (χ3n) is 3.33. The number of nitrogens with two attached hydrogens (primary N) is 1. The molecule has 0 saturated carbocycles. The molecule has 1 aliphatic rings. The molecular formula is C12H18FN3O2S. The van der Waals surface area contributed by atoms with E-state index in [0.717, 1.165) is 19.3 Å². The number of nitrogen functional groups attached to an aromatic ring is 1. The van der Waals surface area contributed by atoms with Crippen LogP contribution in [0.25, 0.3) is 0 Å². The maximum Gasteiger partial charge on any atom is 0.302 e. The van der Waals surface area contributed by atoms with E-state index in [-0.39, 0.29) is 17.4 Å². The van der Waals surface area contributed by atoms with Crippen LogP contribution < -0.4 is 10.5 Å². The summed E-state index contributed by atoms with van der Waals surface area (Å²) in [6, 6.07) is 3.99. The van der Waals surface area contributed by atoms with Crippen LogP contribution in [0.5, 0.6) is 0 Å². The van der Waals surface area contributed by atoms with E-state index in [1.54, 1.807) is 0 Å². The number of piperidine rings is 1. The number of nitrogens with zero attached hydrogens (tertiary/aromatic N) is 1. The Morgan fingerprint density at radius 2 is 2.16 bits per heavy atom. The van der Waals surface area contributed by atoms with E-state index >= 15 is 0 Å². The van der Waals surface area contributed by atoms with Crippen molar-refractivity contribution in [1.82, 2.24) is 4.31 Å². The summed E-state index contributed by atoms with van der Waals surface area (Å²) in [5, 5.41) is 0. The van der Waals surface area contributed by atoms with Crippen LogP contribution in [0.3, 0.4) is 0 Å². The van der Waals surface area contributed by atoms with Gasteiger partial charge in [0.25, 0.3) is 0 Å². The summed E-state index contributed by atoms with van der Waals surface area (Å²) in [6.07, 6.45) is 2.64. The predicted octanol–water partition coefficient (Wildman–Crippen LogP) is 1.94. The van der Waals surface area contributed by atoms with Crippen LogP contribution in [0.1, 0.15) is 26.2 Å². The van der Waals surface area contributed by atoms with Crippen LogP contribution in [0.4, 0.5) is 15.8 Å². The minimum Gasteiger partial charge on any atom is -0.397 e. The lowest BCUT2D eigenvalue weighted by atomic mass is 10.1. The lowest BCUT2D eigenvalue weighted by Crippen LogP contribution is -2.45. The number of hydrogen-bond donors (Lipinski definition) is 2. The van der Waals surface area contributed by atoms with Gasteiger partial charge in [-0.2, -0.15) is 12.7 Å². The standard InChI is InChI=1S/C12H18FN3O2S/c1-9-5-2-3-8-16(9)19(17,18)15-12-10(13)6-4-7-11(12)14/h4,6-7,9,15H,2-3,5,8,14H2,1H3. The van der Waals surface area contributed by atoms with Crippen LogP contribution in [0.15, 0.2) is 18.2 Å². The van der Waals surface area contributed by atoms with Crippen molar-refractivity contribution in [2.45, 2.75) is 32.2 Å². The summed E-state index contributed by atoms with van der Waals surface area (Å²) >= 11 is 0. The van der Waals surface area contributed by atoms with E-state index in [2.05, 4.69) is 4.72 Å². The van der Waals surface area contributed by atoms with Gasteiger partial charge in [0.1, 0.15) is 11.5 Å². The van der Waals surface area contributed by atoms with Gasteiger partial charge in [0.15, 0.2) is 0 Å². The van der Waals surface area contributed by atoms with Crippen molar-refractivity contribution >= 4 is 21.6 Å². The molecule has 2 rings (SSSR count). The van der Waals surface area contributed by atoms with E-state index in [4.69, 9.17) is 5.73 Å². The summed E-state index contributed by atoms with van der Waals surface area (Å²) < 4.78 is 41.8. The van der Waals surface area contributed by atoms with Crippen LogP contribution >= 0.6 is 0 Å². The average Bonchev–Trinajstić information content (AvgIpc) is 2.34. The molecule has 1 aliphatic heterocycles. The predicted molar refractivity (Wildman–Crippen MR) is 73.4 cm³/mol. The zero-order valence-electron chi connectivity index (χ0n) is 10.8. The minimum absolute atomic E-state index is 0.0771. The number of hydrogen-bond acceptors (Lipinski definition) is 3. The quantitative estimate of drug-likeness (QED) is 0.834. The summed E-state index contributed by atoms with van der Waals surface area (Å²) in [7, 11) is -3.77. The summed E-state index contributed by atoms with van der Waals surface area (Å²) in [6.45, 7) is 2.30. The fourth-order valence-electron chi connectivity index (χ4n) is 2.26. The Morgan fingerprint density at radius 1 is 1.42 bits per heavy atom. The number of benzene rings is 1. The van der Waals surface area contributed by atoms with Gasteiger partial charge in [0.05, 0.1) is 5.69 Å². The first-order valence-corrected chi connectivity index (χ1v) is 7.69. The molecule has 1 aromatic rings. The first-order valence-electron chi connectivity index (χ1n) is 6.25. The van der Waals surface area contributed by atoms with Gasteiger partial charge in [0, 0.05) is 12.6 Å². The zero-order valence-corrected chi connectivity index (χ0v) is 11.6. The van der Waals surface area contributed by atoms with Gasteiger partial charge >= 0.3 is 10.2 Å². The summed E-state index contributed by atoms with van der Waals surface area (Å²) in [5.74, 6) is -0.673. The van der Waals surface area contributed by atoms with Gasteiger partial charge < -0.3 is 5.73 Å². The van der Waals surface area contributed by atoms with Gasteiger partial charge in [-0.15, -0.1) is 0 Å². The molecule has 1 aromatic carbocycles. The maximum atomic E-state index is 13.6. The number of para-hydroxylation sites is 1. The molecule has 5 nitrogen and oxygen atoms in total. The fourth-order valence-corrected chi connectivity index (χ4v) is 3.80. The molecule has 0 aromatic heterocycles. The van der Waals surface area contributed by atoms with Crippen molar-refractivity contribution in [3.63, 3.8) is 0 Å². The SMILES string of the molecule is CC1CCCCN1S(=O)(=O)Nc1c(N)cccc1F. The second kappa shape index (κ2) is 5.34. The zero-order chi connectivity index (χ0) is 14.0. The molecule has 1 atom stereocenters. The van der Waals surface area contributed by atoms with Gasteiger partial charge in [-0.3, -0.25) is 4.72 Å². The monoisotopic (exact) mass is 287 g/mol. The highest BCUT2D eigenvalue weighted by molar-refractivity contribution is 7.90. The Balaban J connectivity index is 2.26. The normalized spacial score (nSPS) is 21.3. The molecule has 0 radical (unpaired) electrons. The Morgan fingerprint density at radius 3 is 2.79 bits per heavy atom. The van der Waals surface area contributed by atoms with Crippen molar-refractivity contribution in [1.29, 1.82) is 0 Å². The summed E-state index contributed by atoms with van der Waals surface area (Å²) in [5.41, 5.74) is 5.50. The van der Waals surface area contributed by atoms with E-state index in [1.165, 1.54) is 22.5 Å². The first kappa shape index (κ1) is 14.1. The van der Waals surface area contributed by atoms with Crippen molar-refractivity contribution in [3.8, 4) is 0 Å². The van der Waals surface area contributed by atoms with E-state index in [1.807, 2.05) is 6.92 Å². The van der Waals surface area contributed by atoms with Gasteiger partial charge in [-0.1, -0.05) is 12.5 Å². The number of rotatable bonds is 3. The van der Waals surface area contributed by atoms with E-state index in [9.17, 15) is 12.8 Å². The topological polar surface area (TPSA) is 75.4 Å². The Hall–Kier alpha value is -1.34. The highest BCUT2D eigenvalue weighted by Gasteiger charge is 2.30. The largest absolute Gasteiger partial charge is 0.397 e. The van der Waals surface area contributed by atoms with Crippen LogP contribution in [-0.4, -0.2) is 25.3 Å². The number of nitrogens with one attached hydrogen (secondary N) is 1. The van der Waals surface area contributed by atoms with Crippen LogP contribution in [0.2, 0.25) is 0 Å². The van der Waals surface area contributed by atoms with Gasteiger partial charge in [-0.25, -0.2) is 4.39 Å². The van der Waals surface area contributed by atoms with Crippen molar-refractivity contribution in [3.05, 3.63) is 24.0 Å². The Bertz CT molecular complexity index is 542. The van der Waals surface area contributed by atoms with Crippen LogP contribution in [-0.2, 0) is 10.2 Å². The lowest BCUT2D eigenvalue weighted by Gasteiger charge is -2.32. The molecule has 19 heavy (non-hydrogen) atoms. The Kier molecular flexibility index (Phi) is 3.96. The molecule has 1 saturated heterocycles. The van der Waals surface area contributed by atoms with Gasteiger partial charge in [-0.05, 0) is 31.9 Å². The highest BCUT2D eigenvalue weighted by atomic mass is 32.2. The minimum atomic E-state index is -3.77. The van der Waals surface area contributed by atoms with Crippen LogP contribution in [0, 0.1) is 5.82 Å². The molecule has 0 amide bonds. The van der Waals surface area contributed by atoms with E-state index < -0.39 is 16.0 Å². The molecule has 3 N–H and O–H groups in total. The highest BCUT2D eigenvalue weighted by Crippen LogP contribution is 2.26. The molecule has 7 heteroatoms. The van der Waals surface area contributed by atoms with E-state index in [0.29, 0.717) is 6.54 Å². The van der Waals surface area contributed by atoms with Crippen molar-refractivity contribution in [2.24, 2.45) is 0 Å². The van der Waals surface area contributed by atoms with Crippen molar-refractivity contribution < 1.29 is 12.8 Å². The third-order valence-corrected chi connectivity index (χ3v) is 4.95. The molecule has 0 spiro atoms. The first-order chi connectivity index (χ1) is 8.92. The molecule has 1 fully saturated rings. The average molecular weight is 287 g/mol. The fraction of sp³-hybridized carbons (Fsp3) is 0.500. The van der Waals surface area contributed by atoms with Gasteiger partial charge in [0.2, 0.25) is 0 Å². The lowest BCUT2D eigenvalue weighted by molar-refractivity contribution is 0.270. The maximum absolute atomic E-state index is 13.6. The molecule has 106 valence electrons. The Labute approximate surface area is 112 Å². The second-order valence-corrected chi connectivity index (χ2v) is 6.39. The molecule has 0 aliphatic carbocycles.